The van der Waals surface area contributed by atoms with Crippen LogP contribution in [0.2, 0.25) is 0 Å². The summed E-state index contributed by atoms with van der Waals surface area (Å²) in [6.07, 6.45) is 0. The fraction of sp³-hybridized carbons (Fsp3) is 0.600. The van der Waals surface area contributed by atoms with Gasteiger partial charge in [-0.05, 0) is 27.7 Å². The summed E-state index contributed by atoms with van der Waals surface area (Å²) in [5.74, 6) is 0.549. The third-order valence-corrected chi connectivity index (χ3v) is 2.29. The van der Waals surface area contributed by atoms with E-state index in [1.165, 1.54) is 0 Å². The summed E-state index contributed by atoms with van der Waals surface area (Å²) >= 11 is 0. The van der Waals surface area contributed by atoms with Crippen LogP contribution in [0.4, 0.5) is 0 Å². The van der Waals surface area contributed by atoms with E-state index in [0.29, 0.717) is 0 Å². The Kier molecular flexibility index (Phi) is 3.47. The Labute approximate surface area is 89.0 Å². The van der Waals surface area contributed by atoms with Gasteiger partial charge in [0.1, 0.15) is 5.76 Å². The van der Waals surface area contributed by atoms with Gasteiger partial charge < -0.3 is 15.6 Å². The lowest BCUT2D eigenvalue weighted by atomic mass is 10.1. The van der Waals surface area contributed by atoms with Crippen LogP contribution in [0.1, 0.15) is 36.9 Å². The topological polar surface area (TPSA) is 81.2 Å². The second-order valence-corrected chi connectivity index (χ2v) is 3.76. The van der Waals surface area contributed by atoms with Crippen molar-refractivity contribution >= 4 is 5.91 Å². The first-order valence-electron chi connectivity index (χ1n) is 4.92. The average molecular weight is 211 g/mol. The largest absolute Gasteiger partial charge is 0.361 e. The zero-order valence-electron chi connectivity index (χ0n) is 9.50. The Balaban J connectivity index is 2.77. The number of rotatable bonds is 3. The Morgan fingerprint density at radius 2 is 2.07 bits per heavy atom. The molecule has 3 N–H and O–H groups in total. The van der Waals surface area contributed by atoms with Gasteiger partial charge in [0.05, 0.1) is 17.8 Å². The van der Waals surface area contributed by atoms with E-state index >= 15 is 0 Å². The van der Waals surface area contributed by atoms with E-state index in [0.717, 1.165) is 17.0 Å². The van der Waals surface area contributed by atoms with Crippen LogP contribution in [0.25, 0.3) is 0 Å². The highest BCUT2D eigenvalue weighted by molar-refractivity contribution is 5.81. The van der Waals surface area contributed by atoms with Crippen LogP contribution in [0.5, 0.6) is 0 Å². The molecule has 0 aliphatic carbocycles. The molecule has 1 aromatic heterocycles. The molecule has 1 rings (SSSR count). The summed E-state index contributed by atoms with van der Waals surface area (Å²) in [4.78, 5) is 11.4. The molecule has 0 saturated carbocycles. The summed E-state index contributed by atoms with van der Waals surface area (Å²) in [5, 5.41) is 6.63. The number of hydrogen-bond donors (Lipinski definition) is 2. The standard InChI is InChI=1S/C10H17N3O2/c1-5(11)10(14)12-6(2)9-7(3)13-15-8(9)4/h5-6H,11H2,1-4H3,(H,12,14). The second-order valence-electron chi connectivity index (χ2n) is 3.76. The minimum atomic E-state index is -0.507. The van der Waals surface area contributed by atoms with Crippen LogP contribution in [0, 0.1) is 13.8 Å². The van der Waals surface area contributed by atoms with Gasteiger partial charge in [0.25, 0.3) is 0 Å². The van der Waals surface area contributed by atoms with E-state index in [4.69, 9.17) is 10.3 Å². The minimum Gasteiger partial charge on any atom is -0.361 e. The number of hydrogen-bond acceptors (Lipinski definition) is 4. The summed E-state index contributed by atoms with van der Waals surface area (Å²) in [5.41, 5.74) is 7.18. The van der Waals surface area contributed by atoms with Crippen LogP contribution in [-0.4, -0.2) is 17.1 Å². The number of amides is 1. The monoisotopic (exact) mass is 211 g/mol. The van der Waals surface area contributed by atoms with Gasteiger partial charge in [-0.1, -0.05) is 5.16 Å². The highest BCUT2D eigenvalue weighted by Crippen LogP contribution is 2.20. The predicted molar refractivity (Wildman–Crippen MR) is 56.2 cm³/mol. The molecule has 2 unspecified atom stereocenters. The highest BCUT2D eigenvalue weighted by Gasteiger charge is 2.19. The van der Waals surface area contributed by atoms with E-state index < -0.39 is 6.04 Å². The van der Waals surface area contributed by atoms with Crippen LogP contribution >= 0.6 is 0 Å². The van der Waals surface area contributed by atoms with Gasteiger partial charge in [-0.25, -0.2) is 0 Å². The van der Waals surface area contributed by atoms with Gasteiger partial charge in [0.2, 0.25) is 5.91 Å². The number of aromatic nitrogens is 1. The number of nitrogens with one attached hydrogen (secondary N) is 1. The molecule has 0 aromatic carbocycles. The van der Waals surface area contributed by atoms with Gasteiger partial charge in [0.15, 0.2) is 0 Å². The number of nitrogens with two attached hydrogens (primary N) is 1. The number of nitrogens with zero attached hydrogens (tertiary/aromatic N) is 1. The first-order valence-corrected chi connectivity index (χ1v) is 4.92. The van der Waals surface area contributed by atoms with Gasteiger partial charge in [-0.2, -0.15) is 0 Å². The van der Waals surface area contributed by atoms with E-state index in [-0.39, 0.29) is 11.9 Å². The molecule has 2 atom stereocenters. The summed E-state index contributed by atoms with van der Waals surface area (Å²) in [6, 6.07) is -0.636. The Morgan fingerprint density at radius 3 is 2.47 bits per heavy atom. The van der Waals surface area contributed by atoms with Gasteiger partial charge in [0, 0.05) is 5.56 Å². The maximum absolute atomic E-state index is 11.4. The molecule has 0 bridgehead atoms. The first kappa shape index (κ1) is 11.7. The molecule has 0 aliphatic rings. The van der Waals surface area contributed by atoms with E-state index in [9.17, 15) is 4.79 Å². The quantitative estimate of drug-likeness (QED) is 0.775. The fourth-order valence-electron chi connectivity index (χ4n) is 1.53. The molecule has 0 fully saturated rings. The van der Waals surface area contributed by atoms with Crippen molar-refractivity contribution in [3.8, 4) is 0 Å². The summed E-state index contributed by atoms with van der Waals surface area (Å²) in [6.45, 7) is 7.20. The zero-order valence-corrected chi connectivity index (χ0v) is 9.50. The average Bonchev–Trinajstić information content (AvgIpc) is 2.45. The number of carbonyl (C=O) groups is 1. The lowest BCUT2D eigenvalue weighted by Crippen LogP contribution is -2.39. The minimum absolute atomic E-state index is 0.130. The van der Waals surface area contributed by atoms with Crippen molar-refractivity contribution in [3.63, 3.8) is 0 Å². The highest BCUT2D eigenvalue weighted by atomic mass is 16.5. The Morgan fingerprint density at radius 1 is 1.47 bits per heavy atom. The molecule has 15 heavy (non-hydrogen) atoms. The summed E-state index contributed by atoms with van der Waals surface area (Å²) in [7, 11) is 0. The van der Waals surface area contributed by atoms with Gasteiger partial charge in [-0.3, -0.25) is 4.79 Å². The van der Waals surface area contributed by atoms with Gasteiger partial charge in [-0.15, -0.1) is 0 Å². The van der Waals surface area contributed by atoms with Crippen LogP contribution < -0.4 is 11.1 Å². The predicted octanol–water partition coefficient (Wildman–Crippen LogP) is 0.816. The lowest BCUT2D eigenvalue weighted by Gasteiger charge is -2.15. The van der Waals surface area contributed by atoms with Gasteiger partial charge >= 0.3 is 0 Å². The molecule has 5 nitrogen and oxygen atoms in total. The van der Waals surface area contributed by atoms with Crippen molar-refractivity contribution in [2.45, 2.75) is 39.8 Å². The van der Waals surface area contributed by atoms with Crippen LogP contribution in [0.3, 0.4) is 0 Å². The fourth-order valence-corrected chi connectivity index (χ4v) is 1.53. The van der Waals surface area contributed by atoms with Crippen molar-refractivity contribution in [2.75, 3.05) is 0 Å². The Bertz CT molecular complexity index is 338. The number of aryl methyl sites for hydroxylation is 2. The molecule has 1 aromatic rings. The maximum Gasteiger partial charge on any atom is 0.237 e. The molecule has 0 aliphatic heterocycles. The van der Waals surface area contributed by atoms with E-state index in [1.54, 1.807) is 6.92 Å². The summed E-state index contributed by atoms with van der Waals surface area (Å²) < 4.78 is 5.03. The van der Waals surface area contributed by atoms with E-state index in [2.05, 4.69) is 10.5 Å². The van der Waals surface area contributed by atoms with Crippen molar-refractivity contribution in [2.24, 2.45) is 5.73 Å². The molecular weight excluding hydrogens is 194 g/mol. The molecule has 5 heteroatoms. The molecule has 84 valence electrons. The smallest absolute Gasteiger partial charge is 0.237 e. The molecule has 0 spiro atoms. The van der Waals surface area contributed by atoms with Crippen molar-refractivity contribution in [1.82, 2.24) is 10.5 Å². The van der Waals surface area contributed by atoms with Crippen LogP contribution in [-0.2, 0) is 4.79 Å². The third kappa shape index (κ3) is 2.56. The van der Waals surface area contributed by atoms with Crippen molar-refractivity contribution in [3.05, 3.63) is 17.0 Å². The normalized spacial score (nSPS) is 14.7. The lowest BCUT2D eigenvalue weighted by molar-refractivity contribution is -0.122. The molecule has 0 radical (unpaired) electrons. The first-order chi connectivity index (χ1) is 6.93. The molecule has 1 heterocycles. The Hall–Kier alpha value is -1.36. The van der Waals surface area contributed by atoms with Crippen molar-refractivity contribution in [1.29, 1.82) is 0 Å². The molecule has 1 amide bonds. The zero-order chi connectivity index (χ0) is 11.6. The van der Waals surface area contributed by atoms with Crippen LogP contribution in [0.15, 0.2) is 4.52 Å². The molecular formula is C10H17N3O2. The maximum atomic E-state index is 11.4. The molecule has 0 saturated heterocycles. The number of carbonyl (C=O) groups excluding carboxylic acids is 1. The van der Waals surface area contributed by atoms with Crippen molar-refractivity contribution < 1.29 is 9.32 Å². The SMILES string of the molecule is Cc1noc(C)c1C(C)NC(=O)C(C)N. The second kappa shape index (κ2) is 4.44. The van der Waals surface area contributed by atoms with E-state index in [1.807, 2.05) is 20.8 Å². The third-order valence-electron chi connectivity index (χ3n) is 2.29.